The fourth-order valence-electron chi connectivity index (χ4n) is 2.98. The van der Waals surface area contributed by atoms with Crippen LogP contribution in [-0.4, -0.2) is 37.2 Å². The lowest BCUT2D eigenvalue weighted by atomic mass is 10.1. The fourth-order valence-corrected chi connectivity index (χ4v) is 2.98. The first-order valence-electron chi connectivity index (χ1n) is 9.01. The van der Waals surface area contributed by atoms with Crippen LogP contribution in [0, 0.1) is 0 Å². The average Bonchev–Trinajstić information content (AvgIpc) is 2.68. The smallest absolute Gasteiger partial charge is 0.379 e. The Morgan fingerprint density at radius 2 is 1.64 bits per heavy atom. The van der Waals surface area contributed by atoms with E-state index < -0.39 is 17.8 Å². The lowest BCUT2D eigenvalue weighted by Crippen LogP contribution is -2.36. The largest absolute Gasteiger partial charge is 0.416 e. The molecule has 0 aliphatic carbocycles. The molecule has 2 amide bonds. The van der Waals surface area contributed by atoms with E-state index in [4.69, 9.17) is 4.74 Å². The molecular weight excluding hydrogens is 371 g/mol. The van der Waals surface area contributed by atoms with Gasteiger partial charge in [-0.15, -0.1) is 0 Å². The molecule has 1 fully saturated rings. The summed E-state index contributed by atoms with van der Waals surface area (Å²) in [6.45, 7) is 4.28. The Kier molecular flexibility index (Phi) is 6.53. The maximum atomic E-state index is 12.6. The maximum absolute atomic E-state index is 12.6. The Morgan fingerprint density at radius 1 is 1.00 bits per heavy atom. The van der Waals surface area contributed by atoms with Crippen molar-refractivity contribution in [3.05, 3.63) is 65.2 Å². The first kappa shape index (κ1) is 20.2. The van der Waals surface area contributed by atoms with Gasteiger partial charge in [-0.25, -0.2) is 4.79 Å². The molecule has 1 heterocycles. The molecule has 1 aliphatic heterocycles. The number of hydrogen-bond acceptors (Lipinski definition) is 3. The molecule has 0 atom stereocenters. The van der Waals surface area contributed by atoms with Crippen molar-refractivity contribution in [2.24, 2.45) is 0 Å². The topological polar surface area (TPSA) is 53.6 Å². The van der Waals surface area contributed by atoms with Crippen LogP contribution >= 0.6 is 0 Å². The van der Waals surface area contributed by atoms with Crippen LogP contribution in [0.4, 0.5) is 23.7 Å². The molecule has 1 saturated heterocycles. The van der Waals surface area contributed by atoms with Gasteiger partial charge >= 0.3 is 12.2 Å². The van der Waals surface area contributed by atoms with E-state index in [9.17, 15) is 18.0 Å². The number of ether oxygens (including phenoxy) is 1. The normalized spacial score (nSPS) is 15.2. The molecule has 3 rings (SSSR count). The van der Waals surface area contributed by atoms with Gasteiger partial charge in [-0.1, -0.05) is 24.3 Å². The van der Waals surface area contributed by atoms with E-state index in [1.807, 2.05) is 24.3 Å². The van der Waals surface area contributed by atoms with E-state index in [0.717, 1.165) is 56.1 Å². The highest BCUT2D eigenvalue weighted by Crippen LogP contribution is 2.29. The second kappa shape index (κ2) is 9.07. The number of halogens is 3. The molecule has 2 aromatic rings. The second-order valence-corrected chi connectivity index (χ2v) is 6.54. The van der Waals surface area contributed by atoms with Gasteiger partial charge in [-0.2, -0.15) is 13.2 Å². The number of urea groups is 1. The molecule has 0 saturated carbocycles. The summed E-state index contributed by atoms with van der Waals surface area (Å²) in [4.78, 5) is 14.4. The van der Waals surface area contributed by atoms with Crippen molar-refractivity contribution in [2.45, 2.75) is 19.3 Å². The SMILES string of the molecule is O=C(NCc1ccccc1CN1CCOCC1)Nc1ccc(C(F)(F)F)cc1. The predicted molar refractivity (Wildman–Crippen MR) is 99.8 cm³/mol. The van der Waals surface area contributed by atoms with E-state index in [1.165, 1.54) is 12.1 Å². The van der Waals surface area contributed by atoms with Crippen molar-refractivity contribution in [3.63, 3.8) is 0 Å². The third kappa shape index (κ3) is 5.71. The third-order valence-electron chi connectivity index (χ3n) is 4.53. The minimum Gasteiger partial charge on any atom is -0.379 e. The number of carbonyl (C=O) groups is 1. The van der Waals surface area contributed by atoms with Crippen LogP contribution in [0.2, 0.25) is 0 Å². The summed E-state index contributed by atoms with van der Waals surface area (Å²) in [5.74, 6) is 0. The highest BCUT2D eigenvalue weighted by molar-refractivity contribution is 5.89. The number of alkyl halides is 3. The van der Waals surface area contributed by atoms with Crippen molar-refractivity contribution in [2.75, 3.05) is 31.6 Å². The second-order valence-electron chi connectivity index (χ2n) is 6.54. The van der Waals surface area contributed by atoms with E-state index in [0.29, 0.717) is 12.2 Å². The monoisotopic (exact) mass is 393 g/mol. The summed E-state index contributed by atoms with van der Waals surface area (Å²) >= 11 is 0. The van der Waals surface area contributed by atoms with Crippen molar-refractivity contribution in [1.29, 1.82) is 0 Å². The van der Waals surface area contributed by atoms with Crippen LogP contribution in [0.3, 0.4) is 0 Å². The molecule has 0 spiro atoms. The van der Waals surface area contributed by atoms with Crippen LogP contribution in [0.5, 0.6) is 0 Å². The van der Waals surface area contributed by atoms with Gasteiger partial charge in [0.25, 0.3) is 0 Å². The molecule has 0 bridgehead atoms. The molecule has 150 valence electrons. The third-order valence-corrected chi connectivity index (χ3v) is 4.53. The summed E-state index contributed by atoms with van der Waals surface area (Å²) in [6, 6.07) is 11.7. The molecule has 0 aromatic heterocycles. The first-order chi connectivity index (χ1) is 13.4. The Hall–Kier alpha value is -2.58. The number of nitrogens with zero attached hydrogens (tertiary/aromatic N) is 1. The summed E-state index contributed by atoms with van der Waals surface area (Å²) in [5, 5.41) is 5.30. The number of rotatable bonds is 5. The number of nitrogens with one attached hydrogen (secondary N) is 2. The van der Waals surface area contributed by atoms with Gasteiger partial charge in [0.15, 0.2) is 0 Å². The summed E-state index contributed by atoms with van der Waals surface area (Å²) in [7, 11) is 0. The van der Waals surface area contributed by atoms with Crippen molar-refractivity contribution >= 4 is 11.7 Å². The Labute approximate surface area is 161 Å². The quantitative estimate of drug-likeness (QED) is 0.811. The number of hydrogen-bond donors (Lipinski definition) is 2. The number of benzene rings is 2. The van der Waals surface area contributed by atoms with Crippen LogP contribution in [0.25, 0.3) is 0 Å². The molecule has 0 radical (unpaired) electrons. The van der Waals surface area contributed by atoms with E-state index in [1.54, 1.807) is 0 Å². The maximum Gasteiger partial charge on any atom is 0.416 e. The van der Waals surface area contributed by atoms with E-state index >= 15 is 0 Å². The van der Waals surface area contributed by atoms with Crippen molar-refractivity contribution < 1.29 is 22.7 Å². The van der Waals surface area contributed by atoms with Gasteiger partial charge in [-0.05, 0) is 35.4 Å². The van der Waals surface area contributed by atoms with Crippen LogP contribution in [-0.2, 0) is 24.0 Å². The molecule has 28 heavy (non-hydrogen) atoms. The summed E-state index contributed by atoms with van der Waals surface area (Å²) < 4.78 is 43.1. The first-order valence-corrected chi connectivity index (χ1v) is 9.01. The molecular formula is C20H22F3N3O2. The minimum atomic E-state index is -4.40. The highest BCUT2D eigenvalue weighted by atomic mass is 19.4. The van der Waals surface area contributed by atoms with Gasteiger partial charge in [0.1, 0.15) is 0 Å². The highest BCUT2D eigenvalue weighted by Gasteiger charge is 2.30. The zero-order valence-electron chi connectivity index (χ0n) is 15.3. The zero-order chi connectivity index (χ0) is 20.0. The van der Waals surface area contributed by atoms with Gasteiger partial charge in [0, 0.05) is 31.9 Å². The Morgan fingerprint density at radius 3 is 2.29 bits per heavy atom. The van der Waals surface area contributed by atoms with Gasteiger partial charge in [0.05, 0.1) is 18.8 Å². The van der Waals surface area contributed by atoms with Crippen molar-refractivity contribution in [3.8, 4) is 0 Å². The molecule has 2 aromatic carbocycles. The van der Waals surface area contributed by atoms with Gasteiger partial charge in [0.2, 0.25) is 0 Å². The molecule has 0 unspecified atom stereocenters. The van der Waals surface area contributed by atoms with Crippen LogP contribution in [0.1, 0.15) is 16.7 Å². The zero-order valence-corrected chi connectivity index (χ0v) is 15.3. The van der Waals surface area contributed by atoms with E-state index in [2.05, 4.69) is 15.5 Å². The van der Waals surface area contributed by atoms with Crippen molar-refractivity contribution in [1.82, 2.24) is 10.2 Å². The number of anilines is 1. The number of carbonyl (C=O) groups excluding carboxylic acids is 1. The van der Waals surface area contributed by atoms with Gasteiger partial charge < -0.3 is 15.4 Å². The molecule has 1 aliphatic rings. The molecule has 8 heteroatoms. The number of amides is 2. The molecule has 2 N–H and O–H groups in total. The van der Waals surface area contributed by atoms with E-state index in [-0.39, 0.29) is 0 Å². The van der Waals surface area contributed by atoms with Crippen LogP contribution < -0.4 is 10.6 Å². The van der Waals surface area contributed by atoms with Crippen LogP contribution in [0.15, 0.2) is 48.5 Å². The standard InChI is InChI=1S/C20H22F3N3O2/c21-20(22,23)17-5-7-18(8-6-17)25-19(27)24-13-15-3-1-2-4-16(15)14-26-9-11-28-12-10-26/h1-8H,9-14H2,(H2,24,25,27). The number of morpholine rings is 1. The average molecular weight is 393 g/mol. The minimum absolute atomic E-state index is 0.298. The Bertz CT molecular complexity index is 788. The summed E-state index contributed by atoms with van der Waals surface area (Å²) in [6.07, 6.45) is -4.40. The van der Waals surface area contributed by atoms with Gasteiger partial charge in [-0.3, -0.25) is 4.90 Å². The Balaban J connectivity index is 1.54. The summed E-state index contributed by atoms with van der Waals surface area (Å²) in [5.41, 5.74) is 1.67. The molecule has 5 nitrogen and oxygen atoms in total. The predicted octanol–water partition coefficient (Wildman–Crippen LogP) is 3.86. The lowest BCUT2D eigenvalue weighted by Gasteiger charge is -2.27. The fraction of sp³-hybridized carbons (Fsp3) is 0.350. The lowest BCUT2D eigenvalue weighted by molar-refractivity contribution is -0.137.